The number of aliphatic imine (C=N–C) groups is 1. The van der Waals surface area contributed by atoms with Crippen molar-refractivity contribution in [3.63, 3.8) is 0 Å². The molecule has 29 heavy (non-hydrogen) atoms. The van der Waals surface area contributed by atoms with Gasteiger partial charge in [0.15, 0.2) is 11.8 Å². The van der Waals surface area contributed by atoms with Gasteiger partial charge in [-0.25, -0.2) is 4.99 Å². The van der Waals surface area contributed by atoms with Crippen LogP contribution >= 0.6 is 0 Å². The molecule has 0 radical (unpaired) electrons. The van der Waals surface area contributed by atoms with Crippen LogP contribution in [0, 0.1) is 12.8 Å². The van der Waals surface area contributed by atoms with E-state index in [0.29, 0.717) is 30.8 Å². The fourth-order valence-electron chi connectivity index (χ4n) is 2.72. The molecule has 1 saturated carbocycles. The summed E-state index contributed by atoms with van der Waals surface area (Å²) in [5.41, 5.74) is 2.12. The fraction of sp³-hybridized carbons (Fsp3) is 0.591. The molecule has 1 heterocycles. The number of nitrogens with zero attached hydrogens (tertiary/aromatic N) is 3. The van der Waals surface area contributed by atoms with Crippen molar-refractivity contribution in [3.05, 3.63) is 41.0 Å². The summed E-state index contributed by atoms with van der Waals surface area (Å²) in [5.74, 6) is 3.62. The van der Waals surface area contributed by atoms with Crippen molar-refractivity contribution in [2.75, 3.05) is 13.2 Å². The van der Waals surface area contributed by atoms with Crippen LogP contribution in [-0.4, -0.2) is 29.3 Å². The predicted octanol–water partition coefficient (Wildman–Crippen LogP) is 3.72. The summed E-state index contributed by atoms with van der Waals surface area (Å²) in [6, 6.07) is 6.29. The third kappa shape index (κ3) is 6.48. The molecular formula is C22H33N5O2. The molecule has 3 rings (SSSR count). The van der Waals surface area contributed by atoms with Gasteiger partial charge in [-0.15, -0.1) is 0 Å². The maximum atomic E-state index is 6.06. The molecule has 7 nitrogen and oxygen atoms in total. The Kier molecular flexibility index (Phi) is 6.77. The van der Waals surface area contributed by atoms with Gasteiger partial charge in [-0.1, -0.05) is 38.1 Å². The van der Waals surface area contributed by atoms with Crippen LogP contribution in [0.3, 0.4) is 0 Å². The lowest BCUT2D eigenvalue weighted by atomic mass is 9.97. The maximum absolute atomic E-state index is 6.06. The number of aryl methyl sites for hydroxylation is 1. The second kappa shape index (κ2) is 9.29. The molecule has 1 aliphatic carbocycles. The Balaban J connectivity index is 1.63. The third-order valence-corrected chi connectivity index (χ3v) is 4.67. The summed E-state index contributed by atoms with van der Waals surface area (Å²) in [6.07, 6.45) is 2.56. The summed E-state index contributed by atoms with van der Waals surface area (Å²) in [5, 5.41) is 10.6. The monoisotopic (exact) mass is 399 g/mol. The molecule has 0 aliphatic heterocycles. The highest BCUT2D eigenvalue weighted by molar-refractivity contribution is 5.79. The van der Waals surface area contributed by atoms with E-state index < -0.39 is 0 Å². The molecule has 2 N–H and O–H groups in total. The standard InChI is InChI=1S/C22H33N5O2/c1-6-23-21(25-13-19-26-20(29-27-19)22(3,4)5)24-12-17-10-7-15(2)11-18(17)28-14-16-8-9-16/h7,10-11,16H,6,8-9,12-14H2,1-5H3,(H2,23,24,25). The second-order valence-corrected chi connectivity index (χ2v) is 8.68. The molecule has 1 aromatic carbocycles. The van der Waals surface area contributed by atoms with Crippen LogP contribution in [0.5, 0.6) is 5.75 Å². The summed E-state index contributed by atoms with van der Waals surface area (Å²) in [4.78, 5) is 9.18. The van der Waals surface area contributed by atoms with Gasteiger partial charge >= 0.3 is 0 Å². The Labute approximate surface area is 173 Å². The molecule has 0 saturated heterocycles. The zero-order valence-corrected chi connectivity index (χ0v) is 18.2. The topological polar surface area (TPSA) is 84.6 Å². The van der Waals surface area contributed by atoms with Gasteiger partial charge in [0, 0.05) is 17.5 Å². The first-order valence-corrected chi connectivity index (χ1v) is 10.4. The van der Waals surface area contributed by atoms with Gasteiger partial charge in [0.25, 0.3) is 0 Å². The first-order valence-electron chi connectivity index (χ1n) is 10.4. The molecule has 1 aromatic heterocycles. The van der Waals surface area contributed by atoms with Gasteiger partial charge in [-0.3, -0.25) is 0 Å². The van der Waals surface area contributed by atoms with Crippen LogP contribution in [0.1, 0.15) is 63.4 Å². The van der Waals surface area contributed by atoms with Gasteiger partial charge in [0.2, 0.25) is 5.89 Å². The summed E-state index contributed by atoms with van der Waals surface area (Å²) < 4.78 is 11.4. The lowest BCUT2D eigenvalue weighted by Crippen LogP contribution is -2.37. The molecule has 0 bridgehead atoms. The minimum Gasteiger partial charge on any atom is -0.493 e. The molecule has 0 unspecified atom stereocenters. The van der Waals surface area contributed by atoms with E-state index in [9.17, 15) is 0 Å². The number of ether oxygens (including phenoxy) is 1. The average Bonchev–Trinajstić information content (AvgIpc) is 3.37. The van der Waals surface area contributed by atoms with Crippen molar-refractivity contribution in [3.8, 4) is 5.75 Å². The number of guanidine groups is 1. The highest BCUT2D eigenvalue weighted by Gasteiger charge is 2.23. The van der Waals surface area contributed by atoms with E-state index >= 15 is 0 Å². The smallest absolute Gasteiger partial charge is 0.232 e. The maximum Gasteiger partial charge on any atom is 0.232 e. The normalized spacial score (nSPS) is 14.7. The van der Waals surface area contributed by atoms with Gasteiger partial charge in [0.05, 0.1) is 19.7 Å². The molecular weight excluding hydrogens is 366 g/mol. The Bertz CT molecular complexity index is 834. The number of hydrogen-bond acceptors (Lipinski definition) is 5. The third-order valence-electron chi connectivity index (χ3n) is 4.67. The van der Waals surface area contributed by atoms with Crippen LogP contribution in [0.25, 0.3) is 0 Å². The second-order valence-electron chi connectivity index (χ2n) is 8.68. The number of benzene rings is 1. The molecule has 0 amide bonds. The number of aromatic nitrogens is 2. The Morgan fingerprint density at radius 2 is 2.07 bits per heavy atom. The Morgan fingerprint density at radius 3 is 2.72 bits per heavy atom. The predicted molar refractivity (Wildman–Crippen MR) is 114 cm³/mol. The average molecular weight is 400 g/mol. The summed E-state index contributed by atoms with van der Waals surface area (Å²) in [6.45, 7) is 12.8. The first kappa shape index (κ1) is 21.1. The van der Waals surface area contributed by atoms with Gasteiger partial charge in [-0.05, 0) is 44.2 Å². The zero-order chi connectivity index (χ0) is 20.9. The van der Waals surface area contributed by atoms with E-state index in [1.807, 2.05) is 27.7 Å². The largest absolute Gasteiger partial charge is 0.493 e. The zero-order valence-electron chi connectivity index (χ0n) is 18.2. The molecule has 7 heteroatoms. The quantitative estimate of drug-likeness (QED) is 0.520. The van der Waals surface area contributed by atoms with Gasteiger partial charge in [0.1, 0.15) is 5.75 Å². The van der Waals surface area contributed by atoms with Crippen LogP contribution in [-0.2, 0) is 18.5 Å². The molecule has 0 atom stereocenters. The minimum atomic E-state index is -0.161. The van der Waals surface area contributed by atoms with Gasteiger partial charge in [-0.2, -0.15) is 4.98 Å². The van der Waals surface area contributed by atoms with Crippen LogP contribution in [0.4, 0.5) is 0 Å². The first-order chi connectivity index (χ1) is 13.8. The van der Waals surface area contributed by atoms with Crippen molar-refractivity contribution >= 4 is 5.96 Å². The Morgan fingerprint density at radius 1 is 1.28 bits per heavy atom. The van der Waals surface area contributed by atoms with E-state index in [1.165, 1.54) is 18.4 Å². The lowest BCUT2D eigenvalue weighted by Gasteiger charge is -2.13. The number of rotatable bonds is 8. The van der Waals surface area contributed by atoms with Crippen molar-refractivity contribution in [2.45, 2.75) is 66.0 Å². The van der Waals surface area contributed by atoms with Gasteiger partial charge < -0.3 is 19.9 Å². The van der Waals surface area contributed by atoms with E-state index in [4.69, 9.17) is 14.3 Å². The molecule has 2 aromatic rings. The highest BCUT2D eigenvalue weighted by atomic mass is 16.5. The molecule has 1 fully saturated rings. The van der Waals surface area contributed by atoms with Crippen LogP contribution in [0.15, 0.2) is 27.7 Å². The summed E-state index contributed by atoms with van der Waals surface area (Å²) >= 11 is 0. The van der Waals surface area contributed by atoms with E-state index in [-0.39, 0.29) is 5.41 Å². The summed E-state index contributed by atoms with van der Waals surface area (Å²) in [7, 11) is 0. The lowest BCUT2D eigenvalue weighted by molar-refractivity contribution is 0.296. The van der Waals surface area contributed by atoms with Crippen molar-refractivity contribution in [1.82, 2.24) is 20.8 Å². The molecule has 0 spiro atoms. The van der Waals surface area contributed by atoms with E-state index in [2.05, 4.69) is 45.9 Å². The van der Waals surface area contributed by atoms with E-state index in [1.54, 1.807) is 0 Å². The molecule has 1 aliphatic rings. The molecule has 158 valence electrons. The van der Waals surface area contributed by atoms with Crippen LogP contribution < -0.4 is 15.4 Å². The fourth-order valence-corrected chi connectivity index (χ4v) is 2.72. The number of nitrogens with one attached hydrogen (secondary N) is 2. The van der Waals surface area contributed by atoms with Crippen molar-refractivity contribution in [2.24, 2.45) is 10.9 Å². The van der Waals surface area contributed by atoms with Crippen LogP contribution in [0.2, 0.25) is 0 Å². The minimum absolute atomic E-state index is 0.161. The SMILES string of the molecule is CCNC(=NCc1ccc(C)cc1OCC1CC1)NCc1noc(C(C)(C)C)n1. The number of hydrogen-bond donors (Lipinski definition) is 2. The Hall–Kier alpha value is -2.57. The highest BCUT2D eigenvalue weighted by Crippen LogP contribution is 2.31. The van der Waals surface area contributed by atoms with Crippen molar-refractivity contribution in [1.29, 1.82) is 0 Å². The van der Waals surface area contributed by atoms with Crippen molar-refractivity contribution < 1.29 is 9.26 Å². The van der Waals surface area contributed by atoms with E-state index in [0.717, 1.165) is 30.4 Å².